The number of benzene rings is 3. The number of hydrogen-bond donors (Lipinski definition) is 1. The lowest BCUT2D eigenvalue weighted by Gasteiger charge is -2.46. The second kappa shape index (κ2) is 7.49. The zero-order valence-corrected chi connectivity index (χ0v) is 16.3. The molecule has 0 aliphatic carbocycles. The van der Waals surface area contributed by atoms with Crippen LogP contribution in [0.25, 0.3) is 0 Å². The van der Waals surface area contributed by atoms with Crippen LogP contribution >= 0.6 is 0 Å². The lowest BCUT2D eigenvalue weighted by atomic mass is 9.87. The average Bonchev–Trinajstić information content (AvgIpc) is 3.05. The van der Waals surface area contributed by atoms with Gasteiger partial charge in [0.1, 0.15) is 5.54 Å². The highest BCUT2D eigenvalue weighted by Gasteiger charge is 2.51. The Morgan fingerprint density at radius 1 is 0.786 bits per heavy atom. The highest BCUT2D eigenvalue weighted by atomic mass is 16.2. The number of carbonyl (C=O) groups is 1. The first kappa shape index (κ1) is 18.3. The van der Waals surface area contributed by atoms with Gasteiger partial charge in [-0.1, -0.05) is 68.4 Å². The van der Waals surface area contributed by atoms with Crippen LogP contribution in [0.2, 0.25) is 0 Å². The largest absolute Gasteiger partial charge is 0.324 e. The lowest BCUT2D eigenvalue weighted by Crippen LogP contribution is -2.57. The quantitative estimate of drug-likeness (QED) is 0.596. The van der Waals surface area contributed by atoms with Crippen LogP contribution in [0, 0.1) is 0 Å². The third-order valence-corrected chi connectivity index (χ3v) is 5.49. The minimum atomic E-state index is -0.767. The maximum absolute atomic E-state index is 13.4. The molecule has 0 saturated carbocycles. The van der Waals surface area contributed by atoms with Gasteiger partial charge in [0.25, 0.3) is 5.91 Å². The van der Waals surface area contributed by atoms with Crippen LogP contribution in [0.1, 0.15) is 25.8 Å². The number of likely N-dealkylation sites (N-methyl/N-ethyl adjacent to an activating group) is 1. The van der Waals surface area contributed by atoms with Crippen molar-refractivity contribution in [3.05, 3.63) is 90.5 Å². The highest BCUT2D eigenvalue weighted by molar-refractivity contribution is 6.06. The van der Waals surface area contributed by atoms with E-state index in [2.05, 4.69) is 59.5 Å². The number of rotatable bonds is 6. The number of nitrogens with one attached hydrogen (secondary N) is 1. The third-order valence-electron chi connectivity index (χ3n) is 5.49. The maximum atomic E-state index is 13.4. The van der Waals surface area contributed by atoms with Gasteiger partial charge in [-0.2, -0.15) is 5.01 Å². The molecule has 4 rings (SSSR count). The van der Waals surface area contributed by atoms with Gasteiger partial charge in [-0.15, -0.1) is 0 Å². The van der Waals surface area contributed by atoms with Crippen LogP contribution in [0.15, 0.2) is 84.9 Å². The highest BCUT2D eigenvalue weighted by Crippen LogP contribution is 2.45. The summed E-state index contributed by atoms with van der Waals surface area (Å²) in [5.41, 5.74) is 3.22. The SMILES string of the molecule is CCN(N(c1ccccc1)c1ccccc1)C1(CC)C(=O)Nc2ccccc21. The Bertz CT molecular complexity index is 918. The number of fused-ring (bicyclic) bond motifs is 1. The number of nitrogens with zero attached hydrogens (tertiary/aromatic N) is 2. The molecule has 0 aromatic heterocycles. The molecule has 28 heavy (non-hydrogen) atoms. The Kier molecular flexibility index (Phi) is 4.88. The Balaban J connectivity index is 1.93. The Labute approximate surface area is 166 Å². The van der Waals surface area contributed by atoms with Crippen molar-refractivity contribution < 1.29 is 4.79 Å². The Morgan fingerprint density at radius 3 is 1.86 bits per heavy atom. The fourth-order valence-corrected chi connectivity index (χ4v) is 4.24. The number of para-hydroxylation sites is 3. The average molecular weight is 371 g/mol. The van der Waals surface area contributed by atoms with Gasteiger partial charge in [-0.3, -0.25) is 9.80 Å². The summed E-state index contributed by atoms with van der Waals surface area (Å²) in [6, 6.07) is 28.5. The molecule has 1 atom stereocenters. The van der Waals surface area contributed by atoms with Gasteiger partial charge in [-0.25, -0.2) is 0 Å². The minimum absolute atomic E-state index is 0.0231. The Hall–Kier alpha value is -3.11. The summed E-state index contributed by atoms with van der Waals surface area (Å²) in [5, 5.41) is 7.47. The van der Waals surface area contributed by atoms with E-state index in [0.29, 0.717) is 13.0 Å². The maximum Gasteiger partial charge on any atom is 0.251 e. The standard InChI is InChI=1S/C24H25N3O/c1-3-24(21-17-11-12-18-22(21)25-23(24)28)26(4-2)27(19-13-7-5-8-14-19)20-15-9-6-10-16-20/h5-18H,3-4H2,1-2H3,(H,25,28). The lowest BCUT2D eigenvalue weighted by molar-refractivity contribution is -0.128. The summed E-state index contributed by atoms with van der Waals surface area (Å²) >= 11 is 0. The molecule has 0 saturated heterocycles. The minimum Gasteiger partial charge on any atom is -0.324 e. The molecule has 1 N–H and O–H groups in total. The molecular formula is C24H25N3O. The second-order valence-electron chi connectivity index (χ2n) is 6.91. The number of hydrazine groups is 1. The van der Waals surface area contributed by atoms with Crippen LogP contribution < -0.4 is 10.3 Å². The summed E-state index contributed by atoms with van der Waals surface area (Å²) < 4.78 is 0. The first-order valence-corrected chi connectivity index (χ1v) is 9.81. The molecule has 4 heteroatoms. The van der Waals surface area contributed by atoms with Crippen molar-refractivity contribution in [2.24, 2.45) is 0 Å². The molecule has 3 aromatic carbocycles. The first-order chi connectivity index (χ1) is 13.7. The molecule has 1 amide bonds. The molecule has 3 aromatic rings. The van der Waals surface area contributed by atoms with E-state index in [0.717, 1.165) is 22.6 Å². The van der Waals surface area contributed by atoms with Crippen molar-refractivity contribution in [2.45, 2.75) is 25.8 Å². The van der Waals surface area contributed by atoms with E-state index in [9.17, 15) is 4.79 Å². The van der Waals surface area contributed by atoms with E-state index in [1.165, 1.54) is 0 Å². The Morgan fingerprint density at radius 2 is 1.32 bits per heavy atom. The number of amides is 1. The zero-order chi connectivity index (χ0) is 19.6. The van der Waals surface area contributed by atoms with E-state index >= 15 is 0 Å². The van der Waals surface area contributed by atoms with Crippen LogP contribution in [0.5, 0.6) is 0 Å². The summed E-state index contributed by atoms with van der Waals surface area (Å²) in [4.78, 5) is 13.4. The third kappa shape index (κ3) is 2.77. The second-order valence-corrected chi connectivity index (χ2v) is 6.91. The van der Waals surface area contributed by atoms with Gasteiger partial charge in [0, 0.05) is 17.8 Å². The molecule has 1 unspecified atom stereocenters. The van der Waals surface area contributed by atoms with Crippen molar-refractivity contribution in [3.63, 3.8) is 0 Å². The molecule has 0 bridgehead atoms. The zero-order valence-electron chi connectivity index (χ0n) is 16.3. The smallest absolute Gasteiger partial charge is 0.251 e. The molecule has 0 fully saturated rings. The van der Waals surface area contributed by atoms with Gasteiger partial charge in [0.15, 0.2) is 0 Å². The summed E-state index contributed by atoms with van der Waals surface area (Å²) in [5.74, 6) is 0.0231. The fourth-order valence-electron chi connectivity index (χ4n) is 4.24. The molecule has 1 aliphatic rings. The summed E-state index contributed by atoms with van der Waals surface area (Å²) in [6.07, 6.45) is 0.667. The van der Waals surface area contributed by atoms with E-state index in [4.69, 9.17) is 0 Å². The molecule has 4 nitrogen and oxygen atoms in total. The van der Waals surface area contributed by atoms with Crippen molar-refractivity contribution in [2.75, 3.05) is 16.9 Å². The van der Waals surface area contributed by atoms with Crippen LogP contribution in [-0.2, 0) is 10.3 Å². The van der Waals surface area contributed by atoms with Crippen molar-refractivity contribution in [3.8, 4) is 0 Å². The number of anilines is 3. The van der Waals surface area contributed by atoms with Crippen molar-refractivity contribution in [1.29, 1.82) is 0 Å². The van der Waals surface area contributed by atoms with E-state index in [-0.39, 0.29) is 5.91 Å². The molecule has 0 spiro atoms. The number of carbonyl (C=O) groups excluding carboxylic acids is 1. The van der Waals surface area contributed by atoms with Gasteiger partial charge >= 0.3 is 0 Å². The van der Waals surface area contributed by atoms with Gasteiger partial charge in [-0.05, 0) is 36.8 Å². The molecular weight excluding hydrogens is 346 g/mol. The van der Waals surface area contributed by atoms with Gasteiger partial charge in [0.05, 0.1) is 11.4 Å². The van der Waals surface area contributed by atoms with Crippen LogP contribution in [0.3, 0.4) is 0 Å². The van der Waals surface area contributed by atoms with Crippen molar-refractivity contribution in [1.82, 2.24) is 5.01 Å². The fraction of sp³-hybridized carbons (Fsp3) is 0.208. The molecule has 1 heterocycles. The van der Waals surface area contributed by atoms with E-state index < -0.39 is 5.54 Å². The number of hydrogen-bond acceptors (Lipinski definition) is 3. The van der Waals surface area contributed by atoms with Crippen molar-refractivity contribution >= 4 is 23.0 Å². The van der Waals surface area contributed by atoms with Gasteiger partial charge < -0.3 is 5.32 Å². The van der Waals surface area contributed by atoms with E-state index in [1.807, 2.05) is 54.6 Å². The monoisotopic (exact) mass is 371 g/mol. The van der Waals surface area contributed by atoms with Crippen LogP contribution in [-0.4, -0.2) is 17.5 Å². The molecule has 0 radical (unpaired) electrons. The predicted molar refractivity (Wildman–Crippen MR) is 114 cm³/mol. The van der Waals surface area contributed by atoms with E-state index in [1.54, 1.807) is 0 Å². The first-order valence-electron chi connectivity index (χ1n) is 9.81. The van der Waals surface area contributed by atoms with Crippen LogP contribution in [0.4, 0.5) is 17.1 Å². The topological polar surface area (TPSA) is 35.6 Å². The molecule has 142 valence electrons. The summed E-state index contributed by atoms with van der Waals surface area (Å²) in [6.45, 7) is 4.86. The normalized spacial score (nSPS) is 18.0. The molecule has 1 aliphatic heterocycles. The predicted octanol–water partition coefficient (Wildman–Crippen LogP) is 5.32. The van der Waals surface area contributed by atoms with Gasteiger partial charge in [0.2, 0.25) is 0 Å². The summed E-state index contributed by atoms with van der Waals surface area (Å²) in [7, 11) is 0.